The first-order chi connectivity index (χ1) is 17.3. The number of hydrogen-bond donors (Lipinski definition) is 6. The Morgan fingerprint density at radius 1 is 0.946 bits per heavy atom. The Kier molecular flexibility index (Phi) is 13.3. The van der Waals surface area contributed by atoms with Gasteiger partial charge in [-0.1, -0.05) is 65.0 Å². The monoisotopic (exact) mass is 519 g/mol. The maximum atomic E-state index is 13.1. The third kappa shape index (κ3) is 11.7. The van der Waals surface area contributed by atoms with Crippen molar-refractivity contribution in [2.75, 3.05) is 6.54 Å². The fourth-order valence-corrected chi connectivity index (χ4v) is 3.98. The third-order valence-electron chi connectivity index (χ3n) is 6.44. The summed E-state index contributed by atoms with van der Waals surface area (Å²) in [5.74, 6) is -2.52. The van der Waals surface area contributed by atoms with Crippen LogP contribution in [-0.4, -0.2) is 59.5 Å². The molecule has 0 aliphatic heterocycles. The lowest BCUT2D eigenvalue weighted by Gasteiger charge is -2.31. The topological polar surface area (TPSA) is 177 Å². The van der Waals surface area contributed by atoms with Crippen molar-refractivity contribution in [3.8, 4) is 0 Å². The molecule has 0 aliphatic carbocycles. The highest BCUT2D eigenvalue weighted by atomic mass is 16.3. The molecular formula is C27H45N5O5. The van der Waals surface area contributed by atoms with Gasteiger partial charge in [-0.25, -0.2) is 0 Å². The Balaban J connectivity index is 2.92. The quantitative estimate of drug-likeness (QED) is 0.199. The molecule has 0 bridgehead atoms. The molecule has 8 N–H and O–H groups in total. The Morgan fingerprint density at radius 2 is 1.54 bits per heavy atom. The zero-order chi connectivity index (χ0) is 28.2. The van der Waals surface area contributed by atoms with Crippen LogP contribution < -0.4 is 27.4 Å². The molecular weight excluding hydrogens is 474 g/mol. The molecule has 0 saturated carbocycles. The number of aliphatic hydroxyl groups is 1. The fraction of sp³-hybridized carbons (Fsp3) is 0.630. The van der Waals surface area contributed by atoms with E-state index in [2.05, 4.69) is 16.0 Å². The highest BCUT2D eigenvalue weighted by molar-refractivity contribution is 5.88. The Bertz CT molecular complexity index is 883. The molecule has 10 nitrogen and oxygen atoms in total. The van der Waals surface area contributed by atoms with Crippen molar-refractivity contribution in [2.24, 2.45) is 22.8 Å². The van der Waals surface area contributed by atoms with Gasteiger partial charge in [-0.3, -0.25) is 19.2 Å². The molecule has 0 radical (unpaired) electrons. The number of nitrogens with two attached hydrogens (primary N) is 2. The molecule has 0 spiro atoms. The van der Waals surface area contributed by atoms with Crippen LogP contribution in [-0.2, 0) is 25.6 Å². The van der Waals surface area contributed by atoms with Gasteiger partial charge in [0.15, 0.2) is 0 Å². The molecule has 1 rings (SSSR count). The minimum Gasteiger partial charge on any atom is -0.389 e. The number of aliphatic hydroxyl groups excluding tert-OH is 1. The van der Waals surface area contributed by atoms with Crippen molar-refractivity contribution in [2.45, 2.75) is 91.0 Å². The molecule has 0 fully saturated rings. The molecule has 0 unspecified atom stereocenters. The average Bonchev–Trinajstić information content (AvgIpc) is 2.83. The van der Waals surface area contributed by atoms with Crippen molar-refractivity contribution in [3.63, 3.8) is 0 Å². The van der Waals surface area contributed by atoms with Crippen LogP contribution >= 0.6 is 0 Å². The summed E-state index contributed by atoms with van der Waals surface area (Å²) >= 11 is 0. The van der Waals surface area contributed by atoms with Gasteiger partial charge in [-0.2, -0.15) is 0 Å². The van der Waals surface area contributed by atoms with Gasteiger partial charge in [0.25, 0.3) is 0 Å². The van der Waals surface area contributed by atoms with E-state index in [4.69, 9.17) is 11.5 Å². The number of rotatable bonds is 15. The van der Waals surface area contributed by atoms with Crippen molar-refractivity contribution in [1.82, 2.24) is 16.0 Å². The molecule has 4 amide bonds. The first-order valence-corrected chi connectivity index (χ1v) is 12.9. The van der Waals surface area contributed by atoms with Gasteiger partial charge in [0.05, 0.1) is 30.5 Å². The maximum absolute atomic E-state index is 13.1. The van der Waals surface area contributed by atoms with Gasteiger partial charge in [-0.15, -0.1) is 0 Å². The fourth-order valence-electron chi connectivity index (χ4n) is 3.98. The van der Waals surface area contributed by atoms with E-state index in [0.29, 0.717) is 0 Å². The normalized spacial score (nSPS) is 14.8. The lowest BCUT2D eigenvalue weighted by atomic mass is 9.78. The summed E-state index contributed by atoms with van der Waals surface area (Å²) < 4.78 is 0. The molecule has 37 heavy (non-hydrogen) atoms. The van der Waals surface area contributed by atoms with Crippen LogP contribution in [0.5, 0.6) is 0 Å². The van der Waals surface area contributed by atoms with Crippen LogP contribution in [0.1, 0.15) is 65.9 Å². The molecule has 10 heteroatoms. The van der Waals surface area contributed by atoms with Gasteiger partial charge in [-0.05, 0) is 30.2 Å². The van der Waals surface area contributed by atoms with Crippen molar-refractivity contribution < 1.29 is 24.3 Å². The number of carbonyl (C=O) groups is 4. The van der Waals surface area contributed by atoms with E-state index in [1.54, 1.807) is 0 Å². The van der Waals surface area contributed by atoms with E-state index in [9.17, 15) is 24.3 Å². The van der Waals surface area contributed by atoms with Crippen molar-refractivity contribution in [3.05, 3.63) is 35.9 Å². The minimum absolute atomic E-state index is 0.0219. The van der Waals surface area contributed by atoms with Crippen molar-refractivity contribution in [1.29, 1.82) is 0 Å². The standard InChI is InChI=1S/C27H45N5O5/c1-6-18(7-2)31-24(35)14-19(27(3,4)5)25(36)30-16-22(33)21(13-17-11-9-8-10-12-17)32-26(37)20(28)15-23(29)34/h8-12,18-22,33H,6-7,13-16,28H2,1-5H3,(H2,29,34)(H,30,36)(H,31,35)(H,32,37)/t19-,20-,21-,22+/m0/s1. The largest absolute Gasteiger partial charge is 0.389 e. The number of primary amides is 1. The summed E-state index contributed by atoms with van der Waals surface area (Å²) in [7, 11) is 0. The summed E-state index contributed by atoms with van der Waals surface area (Å²) in [6.07, 6.45) is 0.411. The lowest BCUT2D eigenvalue weighted by Crippen LogP contribution is -2.54. The molecule has 1 aromatic rings. The van der Waals surface area contributed by atoms with E-state index in [1.165, 1.54) is 0 Å². The van der Waals surface area contributed by atoms with E-state index in [0.717, 1.165) is 18.4 Å². The predicted octanol–water partition coefficient (Wildman–Crippen LogP) is 0.751. The Hall–Kier alpha value is -2.98. The maximum Gasteiger partial charge on any atom is 0.237 e. The summed E-state index contributed by atoms with van der Waals surface area (Å²) in [6.45, 7) is 9.50. The van der Waals surface area contributed by atoms with Gasteiger partial charge < -0.3 is 32.5 Å². The predicted molar refractivity (Wildman–Crippen MR) is 143 cm³/mol. The highest BCUT2D eigenvalue weighted by Gasteiger charge is 2.34. The highest BCUT2D eigenvalue weighted by Crippen LogP contribution is 2.29. The molecule has 0 saturated heterocycles. The molecule has 0 aliphatic rings. The molecule has 0 aromatic heterocycles. The molecule has 208 valence electrons. The van der Waals surface area contributed by atoms with Crippen LogP contribution in [0, 0.1) is 11.3 Å². The zero-order valence-corrected chi connectivity index (χ0v) is 22.8. The second kappa shape index (κ2) is 15.3. The number of nitrogens with one attached hydrogen (secondary N) is 3. The summed E-state index contributed by atoms with van der Waals surface area (Å²) in [5, 5.41) is 19.3. The number of carbonyl (C=O) groups excluding carboxylic acids is 4. The molecule has 4 atom stereocenters. The SMILES string of the molecule is CCC(CC)NC(=O)C[C@@H](C(=O)NC[C@@H](O)[C@H](Cc1ccccc1)NC(=O)[C@@H](N)CC(N)=O)C(C)(C)C. The zero-order valence-electron chi connectivity index (χ0n) is 22.8. The summed E-state index contributed by atoms with van der Waals surface area (Å²) in [4.78, 5) is 49.4. The number of amides is 4. The second-order valence-corrected chi connectivity index (χ2v) is 10.6. The van der Waals surface area contributed by atoms with Crippen LogP contribution in [0.15, 0.2) is 30.3 Å². The van der Waals surface area contributed by atoms with Gasteiger partial charge >= 0.3 is 0 Å². The van der Waals surface area contributed by atoms with E-state index < -0.39 is 41.3 Å². The average molecular weight is 520 g/mol. The number of benzene rings is 1. The van der Waals surface area contributed by atoms with E-state index in [-0.39, 0.29) is 43.7 Å². The molecule has 0 heterocycles. The van der Waals surface area contributed by atoms with Gasteiger partial charge in [0, 0.05) is 19.0 Å². The Labute approximate surface area is 220 Å². The first kappa shape index (κ1) is 32.0. The van der Waals surface area contributed by atoms with Gasteiger partial charge in [0.2, 0.25) is 23.6 Å². The lowest BCUT2D eigenvalue weighted by molar-refractivity contribution is -0.134. The number of hydrogen-bond acceptors (Lipinski definition) is 6. The van der Waals surface area contributed by atoms with Crippen LogP contribution in [0.25, 0.3) is 0 Å². The summed E-state index contributed by atoms with van der Waals surface area (Å²) in [5.41, 5.74) is 11.3. The second-order valence-electron chi connectivity index (χ2n) is 10.6. The summed E-state index contributed by atoms with van der Waals surface area (Å²) in [6, 6.07) is 7.33. The van der Waals surface area contributed by atoms with Crippen LogP contribution in [0.3, 0.4) is 0 Å². The van der Waals surface area contributed by atoms with Gasteiger partial charge in [0.1, 0.15) is 0 Å². The molecule has 1 aromatic carbocycles. The van der Waals surface area contributed by atoms with E-state index in [1.807, 2.05) is 65.0 Å². The third-order valence-corrected chi connectivity index (χ3v) is 6.44. The first-order valence-electron chi connectivity index (χ1n) is 12.9. The minimum atomic E-state index is -1.16. The Morgan fingerprint density at radius 3 is 2.05 bits per heavy atom. The smallest absolute Gasteiger partial charge is 0.237 e. The van der Waals surface area contributed by atoms with Crippen LogP contribution in [0.4, 0.5) is 0 Å². The van der Waals surface area contributed by atoms with Crippen LogP contribution in [0.2, 0.25) is 0 Å². The van der Waals surface area contributed by atoms with Crippen molar-refractivity contribution >= 4 is 23.6 Å². The van der Waals surface area contributed by atoms with E-state index >= 15 is 0 Å².